The first-order valence-electron chi connectivity index (χ1n) is 5.35. The molecule has 1 aliphatic rings. The number of rotatable bonds is 2. The maximum atomic E-state index is 12.9. The number of aryl methyl sites for hydroxylation is 1. The maximum absolute atomic E-state index is 12.9. The van der Waals surface area contributed by atoms with E-state index in [0.29, 0.717) is 18.5 Å². The molecule has 17 heavy (non-hydrogen) atoms. The summed E-state index contributed by atoms with van der Waals surface area (Å²) in [6, 6.07) is 3.59. The van der Waals surface area contributed by atoms with Gasteiger partial charge >= 0.3 is 0 Å². The Bertz CT molecular complexity index is 530. The Morgan fingerprint density at radius 2 is 2.18 bits per heavy atom. The second-order valence-corrected chi connectivity index (χ2v) is 6.12. The van der Waals surface area contributed by atoms with Gasteiger partial charge in [0.15, 0.2) is 0 Å². The van der Waals surface area contributed by atoms with Crippen LogP contribution in [0.1, 0.15) is 12.0 Å². The average molecular weight is 259 g/mol. The Kier molecular flexibility index (Phi) is 3.20. The molecule has 6 heteroatoms. The lowest BCUT2D eigenvalue weighted by molar-refractivity contribution is 0.189. The lowest BCUT2D eigenvalue weighted by Gasteiger charge is -2.17. The van der Waals surface area contributed by atoms with Crippen LogP contribution in [0, 0.1) is 12.7 Å². The lowest BCUT2D eigenvalue weighted by atomic mass is 10.2. The van der Waals surface area contributed by atoms with Crippen LogP contribution in [-0.2, 0) is 10.0 Å². The third-order valence-electron chi connectivity index (χ3n) is 2.88. The molecule has 0 amide bonds. The molecular weight excluding hydrogens is 245 g/mol. The molecule has 2 rings (SSSR count). The normalized spacial score (nSPS) is 21.9. The number of benzene rings is 1. The fraction of sp³-hybridized carbons (Fsp3) is 0.455. The Morgan fingerprint density at radius 3 is 2.71 bits per heavy atom. The van der Waals surface area contributed by atoms with Crippen molar-refractivity contribution in [3.63, 3.8) is 0 Å². The highest BCUT2D eigenvalue weighted by Crippen LogP contribution is 2.24. The zero-order valence-corrected chi connectivity index (χ0v) is 10.2. The summed E-state index contributed by atoms with van der Waals surface area (Å²) < 4.78 is 38.6. The molecule has 1 saturated heterocycles. The average Bonchev–Trinajstić information content (AvgIpc) is 2.64. The highest BCUT2D eigenvalue weighted by Gasteiger charge is 2.32. The minimum atomic E-state index is -3.61. The topological polar surface area (TPSA) is 57.6 Å². The van der Waals surface area contributed by atoms with E-state index in [-0.39, 0.29) is 11.4 Å². The summed E-state index contributed by atoms with van der Waals surface area (Å²) in [5.41, 5.74) is 0.381. The van der Waals surface area contributed by atoms with Crippen LogP contribution in [0.5, 0.6) is 0 Å². The molecule has 1 N–H and O–H groups in total. The standard InChI is InChI=1S/C11H14FNO3S/c1-8-6-9(12)2-3-11(8)17(15,16)13-5-4-10(14)7-13/h2-3,6,10,14H,4-5,7H2,1H3/t10-/m0/s1. The Balaban J connectivity index is 2.38. The van der Waals surface area contributed by atoms with E-state index in [0.717, 1.165) is 6.07 Å². The van der Waals surface area contributed by atoms with Gasteiger partial charge in [0.1, 0.15) is 5.82 Å². The van der Waals surface area contributed by atoms with Crippen LogP contribution in [-0.4, -0.2) is 37.0 Å². The zero-order valence-electron chi connectivity index (χ0n) is 9.43. The first kappa shape index (κ1) is 12.5. The van der Waals surface area contributed by atoms with Gasteiger partial charge in [-0.25, -0.2) is 12.8 Å². The molecule has 1 atom stereocenters. The van der Waals surface area contributed by atoms with Gasteiger partial charge in [-0.2, -0.15) is 4.31 Å². The first-order valence-corrected chi connectivity index (χ1v) is 6.79. The predicted molar refractivity (Wildman–Crippen MR) is 60.5 cm³/mol. The van der Waals surface area contributed by atoms with Crippen LogP contribution in [0.25, 0.3) is 0 Å². The third kappa shape index (κ3) is 2.34. The van der Waals surface area contributed by atoms with Crippen molar-refractivity contribution in [2.45, 2.75) is 24.3 Å². The van der Waals surface area contributed by atoms with E-state index in [2.05, 4.69) is 0 Å². The minimum absolute atomic E-state index is 0.105. The number of halogens is 1. The van der Waals surface area contributed by atoms with Crippen LogP contribution >= 0.6 is 0 Å². The molecule has 0 spiro atoms. The number of nitrogens with zero attached hydrogens (tertiary/aromatic N) is 1. The smallest absolute Gasteiger partial charge is 0.243 e. The fourth-order valence-electron chi connectivity index (χ4n) is 1.97. The zero-order chi connectivity index (χ0) is 12.6. The van der Waals surface area contributed by atoms with Crippen molar-refractivity contribution in [2.75, 3.05) is 13.1 Å². The van der Waals surface area contributed by atoms with E-state index in [4.69, 9.17) is 0 Å². The van der Waals surface area contributed by atoms with Gasteiger partial charge in [-0.3, -0.25) is 0 Å². The molecule has 1 fully saturated rings. The molecule has 1 aliphatic heterocycles. The van der Waals surface area contributed by atoms with Crippen molar-refractivity contribution in [1.82, 2.24) is 4.31 Å². The van der Waals surface area contributed by atoms with Crippen LogP contribution in [0.15, 0.2) is 23.1 Å². The van der Waals surface area contributed by atoms with Crippen molar-refractivity contribution >= 4 is 10.0 Å². The molecular formula is C11H14FNO3S. The maximum Gasteiger partial charge on any atom is 0.243 e. The summed E-state index contributed by atoms with van der Waals surface area (Å²) in [5.74, 6) is -0.456. The van der Waals surface area contributed by atoms with Crippen LogP contribution in [0.2, 0.25) is 0 Å². The third-order valence-corrected chi connectivity index (χ3v) is 4.91. The van der Waals surface area contributed by atoms with Crippen LogP contribution in [0.3, 0.4) is 0 Å². The van der Waals surface area contributed by atoms with Gasteiger partial charge in [-0.1, -0.05) is 0 Å². The van der Waals surface area contributed by atoms with Crippen molar-refractivity contribution < 1.29 is 17.9 Å². The highest BCUT2D eigenvalue weighted by molar-refractivity contribution is 7.89. The van der Waals surface area contributed by atoms with Crippen LogP contribution < -0.4 is 0 Å². The van der Waals surface area contributed by atoms with Gasteiger partial charge in [-0.15, -0.1) is 0 Å². The van der Waals surface area contributed by atoms with E-state index >= 15 is 0 Å². The van der Waals surface area contributed by atoms with Gasteiger partial charge in [0.2, 0.25) is 10.0 Å². The molecule has 0 saturated carbocycles. The predicted octanol–water partition coefficient (Wildman–Crippen LogP) is 0.889. The quantitative estimate of drug-likeness (QED) is 0.858. The summed E-state index contributed by atoms with van der Waals surface area (Å²) in [5, 5.41) is 9.36. The molecule has 94 valence electrons. The number of aliphatic hydroxyl groups is 1. The Labute approximate surface area is 99.7 Å². The van der Waals surface area contributed by atoms with E-state index in [1.165, 1.54) is 16.4 Å². The highest BCUT2D eigenvalue weighted by atomic mass is 32.2. The van der Waals surface area contributed by atoms with Gasteiger partial charge < -0.3 is 5.11 Å². The van der Waals surface area contributed by atoms with E-state index < -0.39 is 21.9 Å². The van der Waals surface area contributed by atoms with Gasteiger partial charge in [0, 0.05) is 13.1 Å². The monoisotopic (exact) mass is 259 g/mol. The van der Waals surface area contributed by atoms with E-state index in [1.54, 1.807) is 6.92 Å². The van der Waals surface area contributed by atoms with Gasteiger partial charge in [0.05, 0.1) is 11.0 Å². The van der Waals surface area contributed by atoms with Gasteiger partial charge in [-0.05, 0) is 37.1 Å². The molecule has 0 aromatic heterocycles. The summed E-state index contributed by atoms with van der Waals surface area (Å²) in [7, 11) is -3.61. The largest absolute Gasteiger partial charge is 0.392 e. The number of sulfonamides is 1. The summed E-state index contributed by atoms with van der Waals surface area (Å²) in [4.78, 5) is 0.105. The number of β-amino-alcohol motifs (C(OH)–C–C–N with tert-alkyl or cyclic N) is 1. The van der Waals surface area contributed by atoms with Crippen molar-refractivity contribution in [2.24, 2.45) is 0 Å². The van der Waals surface area contributed by atoms with E-state index in [9.17, 15) is 17.9 Å². The van der Waals surface area contributed by atoms with Crippen molar-refractivity contribution in [3.8, 4) is 0 Å². The second-order valence-electron chi connectivity index (χ2n) is 4.22. The lowest BCUT2D eigenvalue weighted by Crippen LogP contribution is -2.30. The molecule has 0 bridgehead atoms. The number of hydrogen-bond acceptors (Lipinski definition) is 3. The molecule has 1 aromatic rings. The van der Waals surface area contributed by atoms with E-state index in [1.807, 2.05) is 0 Å². The first-order chi connectivity index (χ1) is 7.91. The summed E-state index contributed by atoms with van der Waals surface area (Å²) in [6.45, 7) is 1.97. The SMILES string of the molecule is Cc1cc(F)ccc1S(=O)(=O)N1CC[C@H](O)C1. The van der Waals surface area contributed by atoms with Crippen molar-refractivity contribution in [3.05, 3.63) is 29.6 Å². The number of aliphatic hydroxyl groups excluding tert-OH is 1. The van der Waals surface area contributed by atoms with Crippen molar-refractivity contribution in [1.29, 1.82) is 0 Å². The minimum Gasteiger partial charge on any atom is -0.392 e. The summed E-state index contributed by atoms with van der Waals surface area (Å²) in [6.07, 6.45) is -0.162. The molecule has 0 unspecified atom stereocenters. The van der Waals surface area contributed by atoms with Crippen LogP contribution in [0.4, 0.5) is 4.39 Å². The second kappa shape index (κ2) is 4.36. The summed E-state index contributed by atoms with van der Waals surface area (Å²) >= 11 is 0. The van der Waals surface area contributed by atoms with Gasteiger partial charge in [0.25, 0.3) is 0 Å². The molecule has 1 aromatic carbocycles. The number of hydrogen-bond donors (Lipinski definition) is 1. The molecule has 4 nitrogen and oxygen atoms in total. The molecule has 0 radical (unpaired) electrons. The Morgan fingerprint density at radius 1 is 1.47 bits per heavy atom. The molecule has 1 heterocycles. The Hall–Kier alpha value is -0.980. The molecule has 0 aliphatic carbocycles. The fourth-order valence-corrected chi connectivity index (χ4v) is 3.67.